The molecule has 136 valence electrons. The lowest BCUT2D eigenvalue weighted by atomic mass is 10.0. The van der Waals surface area contributed by atoms with E-state index in [0.717, 1.165) is 35.3 Å². The van der Waals surface area contributed by atoms with Gasteiger partial charge in [0.2, 0.25) is 5.91 Å². The Morgan fingerprint density at radius 3 is 2.58 bits per heavy atom. The van der Waals surface area contributed by atoms with Crippen molar-refractivity contribution in [2.75, 3.05) is 10.6 Å². The second-order valence-electron chi connectivity index (χ2n) is 7.08. The molecule has 2 aromatic rings. The van der Waals surface area contributed by atoms with E-state index in [0.29, 0.717) is 18.0 Å². The van der Waals surface area contributed by atoms with Crippen LogP contribution in [0.3, 0.4) is 0 Å². The normalized spacial score (nSPS) is 13.5. The largest absolute Gasteiger partial charge is 0.478 e. The van der Waals surface area contributed by atoms with Crippen molar-refractivity contribution >= 4 is 23.3 Å². The second-order valence-corrected chi connectivity index (χ2v) is 7.08. The van der Waals surface area contributed by atoms with Crippen LogP contribution < -0.4 is 10.6 Å². The highest BCUT2D eigenvalue weighted by molar-refractivity contribution is 5.92. The number of rotatable bonds is 7. The van der Waals surface area contributed by atoms with E-state index in [9.17, 15) is 14.7 Å². The van der Waals surface area contributed by atoms with Gasteiger partial charge in [-0.15, -0.1) is 0 Å². The number of hydrogen-bond acceptors (Lipinski definition) is 3. The molecule has 0 radical (unpaired) electrons. The number of nitrogens with one attached hydrogen (secondary N) is 2. The van der Waals surface area contributed by atoms with Crippen LogP contribution in [-0.2, 0) is 11.3 Å². The second kappa shape index (κ2) is 7.60. The van der Waals surface area contributed by atoms with Gasteiger partial charge in [0.05, 0.1) is 5.56 Å². The molecule has 2 aromatic carbocycles. The van der Waals surface area contributed by atoms with Crippen LogP contribution in [0, 0.1) is 5.92 Å². The van der Waals surface area contributed by atoms with Gasteiger partial charge in [-0.25, -0.2) is 4.79 Å². The van der Waals surface area contributed by atoms with Gasteiger partial charge >= 0.3 is 5.97 Å². The quantitative estimate of drug-likeness (QED) is 0.687. The first-order valence-corrected chi connectivity index (χ1v) is 8.95. The summed E-state index contributed by atoms with van der Waals surface area (Å²) in [6.07, 6.45) is 2.21. The summed E-state index contributed by atoms with van der Waals surface area (Å²) in [6, 6.07) is 13.0. The third-order valence-corrected chi connectivity index (χ3v) is 4.52. The fourth-order valence-corrected chi connectivity index (χ4v) is 2.83. The molecule has 1 aliphatic rings. The number of carbonyl (C=O) groups excluding carboxylic acids is 1. The van der Waals surface area contributed by atoms with E-state index in [1.807, 2.05) is 44.2 Å². The molecule has 0 unspecified atom stereocenters. The molecule has 1 aliphatic carbocycles. The van der Waals surface area contributed by atoms with Gasteiger partial charge in [-0.1, -0.05) is 26.0 Å². The van der Waals surface area contributed by atoms with Crippen LogP contribution in [-0.4, -0.2) is 17.0 Å². The van der Waals surface area contributed by atoms with E-state index < -0.39 is 5.97 Å². The lowest BCUT2D eigenvalue weighted by Gasteiger charge is -2.14. The molecular formula is C21H24N2O3. The molecule has 0 spiro atoms. The van der Waals surface area contributed by atoms with Crippen molar-refractivity contribution in [2.24, 2.45) is 5.92 Å². The van der Waals surface area contributed by atoms with Crippen LogP contribution in [0.4, 0.5) is 11.4 Å². The van der Waals surface area contributed by atoms with Gasteiger partial charge < -0.3 is 15.7 Å². The van der Waals surface area contributed by atoms with Gasteiger partial charge in [0.15, 0.2) is 0 Å². The molecule has 0 aliphatic heterocycles. The van der Waals surface area contributed by atoms with Crippen LogP contribution in [0.15, 0.2) is 42.5 Å². The molecule has 0 atom stereocenters. The zero-order valence-electron chi connectivity index (χ0n) is 15.1. The Balaban J connectivity index is 1.71. The van der Waals surface area contributed by atoms with Gasteiger partial charge in [-0.3, -0.25) is 4.79 Å². The van der Waals surface area contributed by atoms with Gasteiger partial charge in [-0.05, 0) is 60.2 Å². The predicted molar refractivity (Wildman–Crippen MR) is 103 cm³/mol. The minimum atomic E-state index is -0.896. The summed E-state index contributed by atoms with van der Waals surface area (Å²) in [7, 11) is 0. The minimum Gasteiger partial charge on any atom is -0.478 e. The highest BCUT2D eigenvalue weighted by Gasteiger charge is 2.27. The van der Waals surface area contributed by atoms with Gasteiger partial charge in [0, 0.05) is 23.8 Å². The first-order valence-electron chi connectivity index (χ1n) is 8.95. The van der Waals surface area contributed by atoms with Crippen LogP contribution in [0.1, 0.15) is 54.1 Å². The van der Waals surface area contributed by atoms with Crippen molar-refractivity contribution < 1.29 is 14.7 Å². The Labute approximate surface area is 153 Å². The van der Waals surface area contributed by atoms with Crippen molar-refractivity contribution in [3.05, 3.63) is 59.2 Å². The molecular weight excluding hydrogens is 328 g/mol. The van der Waals surface area contributed by atoms with Crippen LogP contribution in [0.5, 0.6) is 0 Å². The molecule has 0 aromatic heterocycles. The molecule has 0 saturated heterocycles. The summed E-state index contributed by atoms with van der Waals surface area (Å²) in [4.78, 5) is 23.0. The SMILES string of the molecule is CC(C)C(=O)Nc1cccc(CNc2ccc(C(=O)O)cc2C2CC2)c1. The lowest BCUT2D eigenvalue weighted by Crippen LogP contribution is -2.17. The Morgan fingerprint density at radius 2 is 1.92 bits per heavy atom. The molecule has 1 saturated carbocycles. The number of aromatic carboxylic acids is 1. The van der Waals surface area contributed by atoms with Crippen molar-refractivity contribution in [2.45, 2.75) is 39.2 Å². The smallest absolute Gasteiger partial charge is 0.335 e. The van der Waals surface area contributed by atoms with Crippen molar-refractivity contribution in [3.8, 4) is 0 Å². The van der Waals surface area contributed by atoms with Gasteiger partial charge in [-0.2, -0.15) is 0 Å². The van der Waals surface area contributed by atoms with Crippen molar-refractivity contribution in [1.29, 1.82) is 0 Å². The highest BCUT2D eigenvalue weighted by Crippen LogP contribution is 2.43. The van der Waals surface area contributed by atoms with Crippen LogP contribution in [0.25, 0.3) is 0 Å². The molecule has 5 heteroatoms. The third-order valence-electron chi connectivity index (χ3n) is 4.52. The maximum Gasteiger partial charge on any atom is 0.335 e. The molecule has 0 bridgehead atoms. The topological polar surface area (TPSA) is 78.4 Å². The number of carbonyl (C=O) groups is 2. The summed E-state index contributed by atoms with van der Waals surface area (Å²) < 4.78 is 0. The first kappa shape index (κ1) is 18.0. The maximum absolute atomic E-state index is 11.8. The fraction of sp³-hybridized carbons (Fsp3) is 0.333. The first-order chi connectivity index (χ1) is 12.4. The van der Waals surface area contributed by atoms with E-state index in [4.69, 9.17) is 0 Å². The molecule has 3 rings (SSSR count). The lowest BCUT2D eigenvalue weighted by molar-refractivity contribution is -0.118. The van der Waals surface area contributed by atoms with E-state index in [-0.39, 0.29) is 11.8 Å². The summed E-state index contributed by atoms with van der Waals surface area (Å²) in [6.45, 7) is 4.33. The Bertz CT molecular complexity index is 826. The van der Waals surface area contributed by atoms with Crippen molar-refractivity contribution in [3.63, 3.8) is 0 Å². The fourth-order valence-electron chi connectivity index (χ4n) is 2.83. The summed E-state index contributed by atoms with van der Waals surface area (Å²) in [5.41, 5.74) is 4.22. The summed E-state index contributed by atoms with van der Waals surface area (Å²) in [5, 5.41) is 15.5. The zero-order chi connectivity index (χ0) is 18.7. The predicted octanol–water partition coefficient (Wildman–Crippen LogP) is 4.47. The van der Waals surface area contributed by atoms with Crippen LogP contribution >= 0.6 is 0 Å². The number of carboxylic acids is 1. The van der Waals surface area contributed by atoms with E-state index in [1.165, 1.54) is 0 Å². The number of benzene rings is 2. The molecule has 26 heavy (non-hydrogen) atoms. The molecule has 1 amide bonds. The zero-order valence-corrected chi connectivity index (χ0v) is 15.1. The Morgan fingerprint density at radius 1 is 1.15 bits per heavy atom. The van der Waals surface area contributed by atoms with E-state index in [2.05, 4.69) is 10.6 Å². The summed E-state index contributed by atoms with van der Waals surface area (Å²) in [5.74, 6) is -0.512. The Kier molecular flexibility index (Phi) is 5.26. The molecule has 1 fully saturated rings. The number of carboxylic acid groups (broad SMARTS) is 1. The molecule has 0 heterocycles. The standard InChI is InChI=1S/C21H24N2O3/c1-13(2)20(24)23-17-5-3-4-14(10-17)12-22-19-9-8-16(21(25)26)11-18(19)15-6-7-15/h3-5,8-11,13,15,22H,6-7,12H2,1-2H3,(H,23,24)(H,25,26). The van der Waals surface area contributed by atoms with E-state index >= 15 is 0 Å². The van der Waals surface area contributed by atoms with Gasteiger partial charge in [0.1, 0.15) is 0 Å². The highest BCUT2D eigenvalue weighted by atomic mass is 16.4. The molecule has 5 nitrogen and oxygen atoms in total. The van der Waals surface area contributed by atoms with Crippen LogP contribution in [0.2, 0.25) is 0 Å². The third kappa shape index (κ3) is 4.42. The number of amides is 1. The average molecular weight is 352 g/mol. The van der Waals surface area contributed by atoms with E-state index in [1.54, 1.807) is 12.1 Å². The van der Waals surface area contributed by atoms with Crippen molar-refractivity contribution in [1.82, 2.24) is 0 Å². The minimum absolute atomic E-state index is 0.00427. The monoisotopic (exact) mass is 352 g/mol. The number of hydrogen-bond donors (Lipinski definition) is 3. The molecule has 3 N–H and O–H groups in total. The summed E-state index contributed by atoms with van der Waals surface area (Å²) >= 11 is 0. The number of anilines is 2. The van der Waals surface area contributed by atoms with Gasteiger partial charge in [0.25, 0.3) is 0 Å². The average Bonchev–Trinajstić information content (AvgIpc) is 3.45. The maximum atomic E-state index is 11.8. The Hall–Kier alpha value is -2.82.